The summed E-state index contributed by atoms with van der Waals surface area (Å²) in [6.07, 6.45) is 2.87. The Balaban J connectivity index is 1.49. The minimum absolute atomic E-state index is 0.162. The molecule has 0 bridgehead atoms. The summed E-state index contributed by atoms with van der Waals surface area (Å²) in [7, 11) is -3.46. The van der Waals surface area contributed by atoms with Crippen LogP contribution >= 0.6 is 0 Å². The molecule has 3 rings (SSSR count). The van der Waals surface area contributed by atoms with Crippen LogP contribution in [0.3, 0.4) is 0 Å². The molecule has 172 valence electrons. The highest BCUT2D eigenvalue weighted by atomic mass is 32.2. The highest BCUT2D eigenvalue weighted by Gasteiger charge is 2.11. The van der Waals surface area contributed by atoms with E-state index in [1.165, 1.54) is 12.3 Å². The number of rotatable bonds is 11. The minimum Gasteiger partial charge on any atom is -0.484 e. The molecule has 1 heterocycles. The summed E-state index contributed by atoms with van der Waals surface area (Å²) < 4.78 is 36.8. The Hall–Kier alpha value is -3.89. The second kappa shape index (κ2) is 11.1. The molecule has 0 fully saturated rings. The molecule has 0 aliphatic rings. The molecule has 1 aromatic heterocycles. The summed E-state index contributed by atoms with van der Waals surface area (Å²) in [5.74, 6) is -0.395. The molecule has 0 saturated carbocycles. The Bertz CT molecular complexity index is 1210. The monoisotopic (exact) mass is 469 g/mol. The maximum absolute atomic E-state index is 12.2. The second-order valence-corrected chi connectivity index (χ2v) is 8.70. The van der Waals surface area contributed by atoms with Crippen molar-refractivity contribution in [3.05, 3.63) is 90.9 Å². The van der Waals surface area contributed by atoms with E-state index in [-0.39, 0.29) is 24.7 Å². The van der Waals surface area contributed by atoms with Crippen molar-refractivity contribution >= 4 is 33.2 Å². The number of furan rings is 1. The highest BCUT2D eigenvalue weighted by Crippen LogP contribution is 2.18. The van der Waals surface area contributed by atoms with E-state index in [4.69, 9.17) is 9.15 Å². The fourth-order valence-corrected chi connectivity index (χ4v) is 3.86. The van der Waals surface area contributed by atoms with Crippen LogP contribution in [-0.2, 0) is 20.6 Å². The summed E-state index contributed by atoms with van der Waals surface area (Å²) in [6, 6.07) is 16.2. The highest BCUT2D eigenvalue weighted by molar-refractivity contribution is 7.88. The van der Waals surface area contributed by atoms with Gasteiger partial charge in [-0.3, -0.25) is 9.59 Å². The number of benzene rings is 2. The first-order chi connectivity index (χ1) is 15.8. The molecular weight excluding hydrogens is 446 g/mol. The predicted molar refractivity (Wildman–Crippen MR) is 124 cm³/mol. The van der Waals surface area contributed by atoms with Gasteiger partial charge in [0.25, 0.3) is 11.8 Å². The van der Waals surface area contributed by atoms with E-state index in [2.05, 4.69) is 21.9 Å². The van der Waals surface area contributed by atoms with Gasteiger partial charge in [0.2, 0.25) is 10.0 Å². The molecule has 10 heteroatoms. The minimum atomic E-state index is -3.46. The van der Waals surface area contributed by atoms with Gasteiger partial charge in [-0.05, 0) is 42.0 Å². The van der Waals surface area contributed by atoms with E-state index < -0.39 is 21.8 Å². The van der Waals surface area contributed by atoms with Crippen molar-refractivity contribution in [2.75, 3.05) is 23.8 Å². The molecule has 0 spiro atoms. The number of carbonyl (C=O) groups excluding carboxylic acids is 2. The van der Waals surface area contributed by atoms with Gasteiger partial charge < -0.3 is 19.8 Å². The van der Waals surface area contributed by atoms with Crippen molar-refractivity contribution < 1.29 is 27.2 Å². The number of ether oxygens (including phenoxy) is 1. The molecule has 2 aromatic carbocycles. The SMILES string of the molecule is C=CCNS(=O)(=O)Cc1ccc(NC(=O)COc2cccc(NC(=O)c3ccco3)c2)cc1. The van der Waals surface area contributed by atoms with Gasteiger partial charge in [0.1, 0.15) is 5.75 Å². The lowest BCUT2D eigenvalue weighted by molar-refractivity contribution is -0.118. The first-order valence-electron chi connectivity index (χ1n) is 9.89. The van der Waals surface area contributed by atoms with Crippen LogP contribution in [0.15, 0.2) is 84.0 Å². The average Bonchev–Trinajstić information content (AvgIpc) is 3.33. The molecule has 3 aromatic rings. The van der Waals surface area contributed by atoms with Gasteiger partial charge in [-0.25, -0.2) is 13.1 Å². The molecule has 0 saturated heterocycles. The number of amides is 2. The standard InChI is InChI=1S/C23H23N3O6S/c1-2-12-24-33(29,30)16-17-8-10-18(11-9-17)25-22(27)15-32-20-6-3-5-19(14-20)26-23(28)21-7-4-13-31-21/h2-11,13-14,24H,1,12,15-16H2,(H,25,27)(H,26,28). The first kappa shape index (κ1) is 23.8. The third-order valence-electron chi connectivity index (χ3n) is 4.25. The average molecular weight is 470 g/mol. The Morgan fingerprint density at radius 1 is 1.00 bits per heavy atom. The van der Waals surface area contributed by atoms with Gasteiger partial charge in [0.05, 0.1) is 12.0 Å². The third-order valence-corrected chi connectivity index (χ3v) is 5.57. The van der Waals surface area contributed by atoms with E-state index >= 15 is 0 Å². The molecule has 0 aliphatic carbocycles. The molecule has 9 nitrogen and oxygen atoms in total. The van der Waals surface area contributed by atoms with Gasteiger partial charge in [-0.15, -0.1) is 6.58 Å². The van der Waals surface area contributed by atoms with Crippen LogP contribution in [0.25, 0.3) is 0 Å². The van der Waals surface area contributed by atoms with Gasteiger partial charge in [0.15, 0.2) is 12.4 Å². The fourth-order valence-electron chi connectivity index (χ4n) is 2.75. The number of hydrogen-bond donors (Lipinski definition) is 3. The number of sulfonamides is 1. The van der Waals surface area contributed by atoms with E-state index in [9.17, 15) is 18.0 Å². The molecule has 2 amide bonds. The maximum atomic E-state index is 12.2. The van der Waals surface area contributed by atoms with Crippen LogP contribution < -0.4 is 20.1 Å². The van der Waals surface area contributed by atoms with Crippen LogP contribution in [0.2, 0.25) is 0 Å². The number of nitrogens with one attached hydrogen (secondary N) is 3. The van der Waals surface area contributed by atoms with Crippen molar-refractivity contribution in [2.24, 2.45) is 0 Å². The van der Waals surface area contributed by atoms with Crippen LogP contribution in [-0.4, -0.2) is 33.4 Å². The van der Waals surface area contributed by atoms with E-state index in [1.807, 2.05) is 0 Å². The zero-order chi connectivity index (χ0) is 23.7. The normalized spacial score (nSPS) is 10.9. The zero-order valence-electron chi connectivity index (χ0n) is 17.6. The molecule has 0 atom stereocenters. The summed E-state index contributed by atoms with van der Waals surface area (Å²) in [6.45, 7) is 3.38. The van der Waals surface area contributed by atoms with Gasteiger partial charge in [-0.1, -0.05) is 24.3 Å². The molecule has 3 N–H and O–H groups in total. The number of carbonyl (C=O) groups is 2. The summed E-state index contributed by atoms with van der Waals surface area (Å²) >= 11 is 0. The largest absolute Gasteiger partial charge is 0.484 e. The zero-order valence-corrected chi connectivity index (χ0v) is 18.4. The Kier molecular flexibility index (Phi) is 8.01. The number of hydrogen-bond acceptors (Lipinski definition) is 6. The van der Waals surface area contributed by atoms with Crippen molar-refractivity contribution in [1.82, 2.24) is 4.72 Å². The molecule has 33 heavy (non-hydrogen) atoms. The lowest BCUT2D eigenvalue weighted by Crippen LogP contribution is -2.25. The van der Waals surface area contributed by atoms with E-state index in [0.29, 0.717) is 22.7 Å². The molecular formula is C23H23N3O6S. The molecule has 0 aliphatic heterocycles. The quantitative estimate of drug-likeness (QED) is 0.370. The third kappa shape index (κ3) is 7.63. The Labute approximate surface area is 191 Å². The molecule has 0 unspecified atom stereocenters. The lowest BCUT2D eigenvalue weighted by atomic mass is 10.2. The second-order valence-electron chi connectivity index (χ2n) is 6.89. The van der Waals surface area contributed by atoms with Gasteiger partial charge in [0, 0.05) is 24.0 Å². The summed E-state index contributed by atoms with van der Waals surface area (Å²) in [5, 5.41) is 5.36. The van der Waals surface area contributed by atoms with Crippen LogP contribution in [0, 0.1) is 0 Å². The Morgan fingerprint density at radius 3 is 2.48 bits per heavy atom. The summed E-state index contributed by atoms with van der Waals surface area (Å²) in [4.78, 5) is 24.3. The topological polar surface area (TPSA) is 127 Å². The summed E-state index contributed by atoms with van der Waals surface area (Å²) in [5.41, 5.74) is 1.57. The number of anilines is 2. The van der Waals surface area contributed by atoms with Crippen molar-refractivity contribution in [3.8, 4) is 5.75 Å². The van der Waals surface area contributed by atoms with Crippen molar-refractivity contribution in [2.45, 2.75) is 5.75 Å². The van der Waals surface area contributed by atoms with E-state index in [1.54, 1.807) is 60.7 Å². The van der Waals surface area contributed by atoms with E-state index in [0.717, 1.165) is 0 Å². The van der Waals surface area contributed by atoms with Crippen LogP contribution in [0.1, 0.15) is 16.1 Å². The smallest absolute Gasteiger partial charge is 0.291 e. The predicted octanol–water partition coefficient (Wildman–Crippen LogP) is 3.15. The van der Waals surface area contributed by atoms with Crippen molar-refractivity contribution in [3.63, 3.8) is 0 Å². The van der Waals surface area contributed by atoms with Gasteiger partial charge >= 0.3 is 0 Å². The fraction of sp³-hybridized carbons (Fsp3) is 0.130. The first-order valence-corrected chi connectivity index (χ1v) is 11.5. The molecule has 0 radical (unpaired) electrons. The van der Waals surface area contributed by atoms with Crippen molar-refractivity contribution in [1.29, 1.82) is 0 Å². The van der Waals surface area contributed by atoms with Crippen LogP contribution in [0.4, 0.5) is 11.4 Å². The lowest BCUT2D eigenvalue weighted by Gasteiger charge is -2.10. The van der Waals surface area contributed by atoms with Crippen LogP contribution in [0.5, 0.6) is 5.75 Å². The maximum Gasteiger partial charge on any atom is 0.291 e. The Morgan fingerprint density at radius 2 is 1.79 bits per heavy atom. The van der Waals surface area contributed by atoms with Gasteiger partial charge in [-0.2, -0.15) is 0 Å².